The van der Waals surface area contributed by atoms with Crippen molar-refractivity contribution in [2.75, 3.05) is 0 Å². The highest BCUT2D eigenvalue weighted by Gasteiger charge is 2.30. The third kappa shape index (κ3) is 3.61. The van der Waals surface area contributed by atoms with Crippen molar-refractivity contribution in [3.8, 4) is 0 Å². The lowest BCUT2D eigenvalue weighted by molar-refractivity contribution is -0.139. The number of carboxylic acids is 1. The number of nitrogens with one attached hydrogen (secondary N) is 1. The number of carboxylic acid groups (broad SMARTS) is 1. The zero-order valence-corrected chi connectivity index (χ0v) is 15.0. The molecule has 2 N–H and O–H groups in total. The number of carbonyl (C=O) groups excluding carboxylic acids is 1. The average molecular weight is 357 g/mol. The van der Waals surface area contributed by atoms with E-state index in [-0.39, 0.29) is 12.3 Å². The maximum absolute atomic E-state index is 12.9. The van der Waals surface area contributed by atoms with Crippen molar-refractivity contribution in [2.24, 2.45) is 0 Å². The summed E-state index contributed by atoms with van der Waals surface area (Å²) < 4.78 is 5.37. The van der Waals surface area contributed by atoms with Gasteiger partial charge in [-0.1, -0.05) is 25.1 Å². The van der Waals surface area contributed by atoms with Crippen LogP contribution in [-0.2, 0) is 4.79 Å². The van der Waals surface area contributed by atoms with Crippen LogP contribution in [0.2, 0.25) is 0 Å². The van der Waals surface area contributed by atoms with E-state index in [9.17, 15) is 14.7 Å². The van der Waals surface area contributed by atoms with E-state index < -0.39 is 17.9 Å². The van der Waals surface area contributed by atoms with Crippen LogP contribution in [0.1, 0.15) is 73.1 Å². The molecule has 2 aromatic heterocycles. The van der Waals surface area contributed by atoms with Gasteiger partial charge >= 0.3 is 5.97 Å². The highest BCUT2D eigenvalue weighted by molar-refractivity contribution is 6.07. The first-order valence-corrected chi connectivity index (χ1v) is 8.87. The monoisotopic (exact) mass is 357 g/mol. The van der Waals surface area contributed by atoms with Gasteiger partial charge in [0.25, 0.3) is 11.6 Å². The predicted octanol–water partition coefficient (Wildman–Crippen LogP) is 3.37. The summed E-state index contributed by atoms with van der Waals surface area (Å²) >= 11 is 0. The van der Waals surface area contributed by atoms with E-state index in [0.29, 0.717) is 34.7 Å². The number of allylic oxidation sites excluding steroid dienone is 1. The number of pyridine rings is 1. The van der Waals surface area contributed by atoms with Gasteiger partial charge < -0.3 is 14.9 Å². The molecule has 138 valence electrons. The fourth-order valence-corrected chi connectivity index (χ4v) is 2.93. The Kier molecular flexibility index (Phi) is 5.06. The van der Waals surface area contributed by atoms with Gasteiger partial charge in [-0.05, 0) is 37.7 Å². The van der Waals surface area contributed by atoms with Gasteiger partial charge in [-0.25, -0.2) is 9.78 Å². The summed E-state index contributed by atoms with van der Waals surface area (Å²) in [7, 11) is 0. The molecule has 1 fully saturated rings. The number of nitrogens with zero attached hydrogens (tertiary/aromatic N) is 2. The molecular formula is C19H23N3O4. The molecule has 1 aliphatic rings. The van der Waals surface area contributed by atoms with Crippen LogP contribution in [0.25, 0.3) is 11.1 Å². The lowest BCUT2D eigenvalue weighted by atomic mass is 10.0. The van der Waals surface area contributed by atoms with E-state index in [1.165, 1.54) is 0 Å². The second-order valence-electron chi connectivity index (χ2n) is 7.00. The summed E-state index contributed by atoms with van der Waals surface area (Å²) in [5.41, 5.74) is 2.16. The highest BCUT2D eigenvalue weighted by Crippen LogP contribution is 2.41. The van der Waals surface area contributed by atoms with E-state index in [1.54, 1.807) is 12.1 Å². The van der Waals surface area contributed by atoms with Crippen molar-refractivity contribution >= 4 is 23.0 Å². The Labute approximate surface area is 151 Å². The second kappa shape index (κ2) is 7.27. The minimum Gasteiger partial charge on any atom is -0.480 e. The molecule has 1 aliphatic carbocycles. The normalized spacial score (nSPS) is 15.2. The average Bonchev–Trinajstić information content (AvgIpc) is 3.36. The van der Waals surface area contributed by atoms with Crippen LogP contribution < -0.4 is 5.32 Å². The van der Waals surface area contributed by atoms with Crippen molar-refractivity contribution in [3.05, 3.63) is 35.7 Å². The molecule has 0 aromatic carbocycles. The number of aliphatic carboxylic acids is 1. The van der Waals surface area contributed by atoms with Crippen LogP contribution in [0.15, 0.2) is 23.2 Å². The molecule has 2 heterocycles. The molecule has 0 spiro atoms. The molecule has 1 saturated carbocycles. The summed E-state index contributed by atoms with van der Waals surface area (Å²) in [6.45, 7) is 7.51. The summed E-state index contributed by atoms with van der Waals surface area (Å²) in [6.07, 6.45) is 4.48. The van der Waals surface area contributed by atoms with Gasteiger partial charge in [0.15, 0.2) is 0 Å². The third-order valence-electron chi connectivity index (χ3n) is 4.54. The second-order valence-corrected chi connectivity index (χ2v) is 7.00. The number of rotatable bonds is 8. The molecular weight excluding hydrogens is 334 g/mol. The number of hydrogen-bond acceptors (Lipinski definition) is 5. The Balaban J connectivity index is 2.00. The molecule has 0 aliphatic heterocycles. The molecule has 1 atom stereocenters. The van der Waals surface area contributed by atoms with Crippen LogP contribution in [0, 0.1) is 0 Å². The summed E-state index contributed by atoms with van der Waals surface area (Å²) in [5.74, 6) is -1.13. The van der Waals surface area contributed by atoms with Gasteiger partial charge in [0.2, 0.25) is 0 Å². The van der Waals surface area contributed by atoms with Crippen LogP contribution in [-0.4, -0.2) is 33.2 Å². The Bertz CT molecular complexity index is 852. The smallest absolute Gasteiger partial charge is 0.326 e. The first-order valence-electron chi connectivity index (χ1n) is 8.87. The third-order valence-corrected chi connectivity index (χ3v) is 4.54. The van der Waals surface area contributed by atoms with Crippen molar-refractivity contribution in [1.82, 2.24) is 15.5 Å². The topological polar surface area (TPSA) is 105 Å². The molecule has 1 amide bonds. The predicted molar refractivity (Wildman–Crippen MR) is 96.2 cm³/mol. The fraction of sp³-hybridized carbons (Fsp3) is 0.474. The van der Waals surface area contributed by atoms with Crippen molar-refractivity contribution in [2.45, 2.75) is 57.4 Å². The van der Waals surface area contributed by atoms with Gasteiger partial charge in [0.1, 0.15) is 6.04 Å². The summed E-state index contributed by atoms with van der Waals surface area (Å²) in [4.78, 5) is 28.9. The minimum atomic E-state index is -1.07. The molecule has 26 heavy (non-hydrogen) atoms. The Morgan fingerprint density at radius 2 is 2.19 bits per heavy atom. The molecule has 7 heteroatoms. The molecule has 7 nitrogen and oxygen atoms in total. The Hall–Kier alpha value is -2.70. The van der Waals surface area contributed by atoms with Crippen molar-refractivity contribution < 1.29 is 19.2 Å². The molecule has 0 radical (unpaired) electrons. The SMILES string of the molecule is C=CCCC(NC(=O)c1cc(C2CC2)nc2onc(C(C)C)c12)C(=O)O. The maximum atomic E-state index is 12.9. The quantitative estimate of drug-likeness (QED) is 0.702. The Morgan fingerprint density at radius 3 is 2.77 bits per heavy atom. The van der Waals surface area contributed by atoms with Gasteiger partial charge in [-0.15, -0.1) is 6.58 Å². The van der Waals surface area contributed by atoms with Crippen molar-refractivity contribution in [1.29, 1.82) is 0 Å². The summed E-state index contributed by atoms with van der Waals surface area (Å²) in [6, 6.07) is 0.778. The van der Waals surface area contributed by atoms with Gasteiger partial charge in [0.05, 0.1) is 16.6 Å². The highest BCUT2D eigenvalue weighted by atomic mass is 16.5. The van der Waals surface area contributed by atoms with Crippen LogP contribution in [0.4, 0.5) is 0 Å². The summed E-state index contributed by atoms with van der Waals surface area (Å²) in [5, 5.41) is 16.6. The van der Waals surface area contributed by atoms with E-state index in [2.05, 4.69) is 22.0 Å². The zero-order chi connectivity index (χ0) is 18.8. The zero-order valence-electron chi connectivity index (χ0n) is 15.0. The molecule has 0 saturated heterocycles. The van der Waals surface area contributed by atoms with E-state index in [0.717, 1.165) is 18.5 Å². The van der Waals surface area contributed by atoms with E-state index in [1.807, 2.05) is 13.8 Å². The van der Waals surface area contributed by atoms with Gasteiger partial charge in [-0.3, -0.25) is 4.79 Å². The number of amides is 1. The van der Waals surface area contributed by atoms with Crippen LogP contribution in [0.3, 0.4) is 0 Å². The fourth-order valence-electron chi connectivity index (χ4n) is 2.93. The van der Waals surface area contributed by atoms with Crippen LogP contribution in [0.5, 0.6) is 0 Å². The van der Waals surface area contributed by atoms with Crippen LogP contribution >= 0.6 is 0 Å². The van der Waals surface area contributed by atoms with E-state index in [4.69, 9.17) is 4.52 Å². The van der Waals surface area contributed by atoms with Gasteiger partial charge in [0, 0.05) is 11.6 Å². The standard InChI is InChI=1S/C19H23N3O4/c1-4-5-6-13(19(24)25)20-17(23)12-9-14(11-7-8-11)21-18-15(12)16(10(2)3)22-26-18/h4,9-11,13H,1,5-8H2,2-3H3,(H,20,23)(H,24,25). The minimum absolute atomic E-state index is 0.0485. The first-order chi connectivity index (χ1) is 12.4. The number of carbonyl (C=O) groups is 2. The van der Waals surface area contributed by atoms with Crippen molar-refractivity contribution in [3.63, 3.8) is 0 Å². The number of aromatic nitrogens is 2. The number of hydrogen-bond donors (Lipinski definition) is 2. The van der Waals surface area contributed by atoms with Gasteiger partial charge in [-0.2, -0.15) is 0 Å². The Morgan fingerprint density at radius 1 is 1.46 bits per heavy atom. The molecule has 0 bridgehead atoms. The maximum Gasteiger partial charge on any atom is 0.326 e. The molecule has 1 unspecified atom stereocenters. The number of fused-ring (bicyclic) bond motifs is 1. The van der Waals surface area contributed by atoms with E-state index >= 15 is 0 Å². The molecule has 3 rings (SSSR count). The first kappa shape index (κ1) is 18.1. The largest absolute Gasteiger partial charge is 0.480 e. The lowest BCUT2D eigenvalue weighted by Gasteiger charge is -2.15. The molecule has 2 aromatic rings. The lowest BCUT2D eigenvalue weighted by Crippen LogP contribution is -2.40.